The lowest BCUT2D eigenvalue weighted by atomic mass is 10.1. The maximum Gasteiger partial charge on any atom is 0.140 e. The number of para-hydroxylation sites is 1. The van der Waals surface area contributed by atoms with E-state index in [0.717, 1.165) is 27.1 Å². The van der Waals surface area contributed by atoms with E-state index in [0.29, 0.717) is 0 Å². The third-order valence-corrected chi connectivity index (χ3v) is 3.40. The summed E-state index contributed by atoms with van der Waals surface area (Å²) in [6, 6.07) is 10.0. The van der Waals surface area contributed by atoms with Crippen LogP contribution in [0.25, 0.3) is 0 Å². The topological polar surface area (TPSA) is 50.9 Å². The number of hydrogen-bond donors (Lipinski definition) is 2. The Kier molecular flexibility index (Phi) is 3.87. The van der Waals surface area contributed by atoms with Crippen LogP contribution in [0.5, 0.6) is 0 Å². The molecule has 0 fully saturated rings. The second-order valence-corrected chi connectivity index (χ2v) is 5.19. The molecule has 94 valence electrons. The highest BCUT2D eigenvalue weighted by Crippen LogP contribution is 2.27. The van der Waals surface area contributed by atoms with Gasteiger partial charge in [0.25, 0.3) is 0 Å². The zero-order valence-electron chi connectivity index (χ0n) is 10.4. The Morgan fingerprint density at radius 1 is 1.33 bits per heavy atom. The molecular weight excluding hydrogens is 290 g/mol. The Hall–Kier alpha value is -1.55. The van der Waals surface area contributed by atoms with Crippen molar-refractivity contribution in [1.29, 1.82) is 0 Å². The van der Waals surface area contributed by atoms with Gasteiger partial charge in [-0.2, -0.15) is 0 Å². The number of halogens is 1. The number of nitrogens with one attached hydrogen (secondary N) is 1. The number of nitrogen functional groups attached to an aromatic ring is 1. The van der Waals surface area contributed by atoms with Crippen LogP contribution in [0.2, 0.25) is 0 Å². The molecule has 1 aromatic carbocycles. The molecule has 1 aromatic heterocycles. The Morgan fingerprint density at radius 3 is 2.72 bits per heavy atom. The van der Waals surface area contributed by atoms with E-state index in [2.05, 4.69) is 33.2 Å². The van der Waals surface area contributed by atoms with E-state index in [4.69, 9.17) is 5.73 Å². The van der Waals surface area contributed by atoms with Crippen LogP contribution in [-0.2, 0) is 0 Å². The standard InChI is InChI=1S/C14H16BrN3/c1-9-7-12(15)14(17-8-9)18-10(2)11-5-3-4-6-13(11)16/h3-8,10H,16H2,1-2H3,(H,17,18). The van der Waals surface area contributed by atoms with Crippen molar-refractivity contribution in [2.45, 2.75) is 19.9 Å². The van der Waals surface area contributed by atoms with Gasteiger partial charge >= 0.3 is 0 Å². The van der Waals surface area contributed by atoms with Gasteiger partial charge in [0.05, 0.1) is 10.5 Å². The van der Waals surface area contributed by atoms with Crippen LogP contribution in [0.3, 0.4) is 0 Å². The summed E-state index contributed by atoms with van der Waals surface area (Å²) < 4.78 is 0.962. The van der Waals surface area contributed by atoms with Crippen molar-refractivity contribution in [2.24, 2.45) is 0 Å². The normalized spacial score (nSPS) is 12.2. The number of pyridine rings is 1. The summed E-state index contributed by atoms with van der Waals surface area (Å²) in [6.07, 6.45) is 1.84. The molecule has 1 atom stereocenters. The van der Waals surface area contributed by atoms with Gasteiger partial charge < -0.3 is 11.1 Å². The number of anilines is 2. The number of hydrogen-bond acceptors (Lipinski definition) is 3. The highest BCUT2D eigenvalue weighted by molar-refractivity contribution is 9.10. The molecule has 2 rings (SSSR count). The summed E-state index contributed by atoms with van der Waals surface area (Å²) in [5.41, 5.74) is 8.96. The molecule has 2 aromatic rings. The monoisotopic (exact) mass is 305 g/mol. The van der Waals surface area contributed by atoms with Gasteiger partial charge in [-0.05, 0) is 53.0 Å². The lowest BCUT2D eigenvalue weighted by molar-refractivity contribution is 0.875. The van der Waals surface area contributed by atoms with E-state index in [1.807, 2.05) is 43.5 Å². The van der Waals surface area contributed by atoms with Gasteiger partial charge in [-0.3, -0.25) is 0 Å². The largest absolute Gasteiger partial charge is 0.398 e. The fourth-order valence-electron chi connectivity index (χ4n) is 1.83. The van der Waals surface area contributed by atoms with E-state index < -0.39 is 0 Å². The molecule has 0 saturated carbocycles. The SMILES string of the molecule is Cc1cnc(NC(C)c2ccccc2N)c(Br)c1. The van der Waals surface area contributed by atoms with Crippen LogP contribution >= 0.6 is 15.9 Å². The minimum atomic E-state index is 0.109. The smallest absolute Gasteiger partial charge is 0.140 e. The van der Waals surface area contributed by atoms with Gasteiger partial charge in [-0.15, -0.1) is 0 Å². The average Bonchev–Trinajstić information content (AvgIpc) is 2.33. The van der Waals surface area contributed by atoms with E-state index in [9.17, 15) is 0 Å². The number of nitrogens with zero attached hydrogens (tertiary/aromatic N) is 1. The molecule has 0 aliphatic carbocycles. The minimum Gasteiger partial charge on any atom is -0.398 e. The number of nitrogens with two attached hydrogens (primary N) is 1. The van der Waals surface area contributed by atoms with Gasteiger partial charge in [-0.1, -0.05) is 18.2 Å². The molecule has 0 aliphatic rings. The maximum atomic E-state index is 5.97. The first-order chi connectivity index (χ1) is 8.58. The summed E-state index contributed by atoms with van der Waals surface area (Å²) in [5.74, 6) is 0.830. The molecule has 0 saturated heterocycles. The minimum absolute atomic E-state index is 0.109. The maximum absolute atomic E-state index is 5.97. The number of aryl methyl sites for hydroxylation is 1. The average molecular weight is 306 g/mol. The van der Waals surface area contributed by atoms with Gasteiger partial charge in [0, 0.05) is 11.9 Å². The molecule has 0 bridgehead atoms. The predicted octanol–water partition coefficient (Wildman–Crippen LogP) is 3.91. The van der Waals surface area contributed by atoms with Crippen LogP contribution in [0.1, 0.15) is 24.1 Å². The van der Waals surface area contributed by atoms with Gasteiger partial charge in [0.2, 0.25) is 0 Å². The molecule has 0 amide bonds. The third-order valence-electron chi connectivity index (χ3n) is 2.79. The van der Waals surface area contributed by atoms with E-state index >= 15 is 0 Å². The van der Waals surface area contributed by atoms with Crippen molar-refractivity contribution in [1.82, 2.24) is 4.98 Å². The van der Waals surface area contributed by atoms with Crippen LogP contribution in [0, 0.1) is 6.92 Å². The highest BCUT2D eigenvalue weighted by atomic mass is 79.9. The lowest BCUT2D eigenvalue weighted by Gasteiger charge is -2.17. The highest BCUT2D eigenvalue weighted by Gasteiger charge is 2.10. The second kappa shape index (κ2) is 5.40. The summed E-state index contributed by atoms with van der Waals surface area (Å²) in [6.45, 7) is 4.08. The Balaban J connectivity index is 2.21. The summed E-state index contributed by atoms with van der Waals surface area (Å²) in [4.78, 5) is 4.37. The summed E-state index contributed by atoms with van der Waals surface area (Å²) in [5, 5.41) is 3.36. The van der Waals surface area contributed by atoms with E-state index in [-0.39, 0.29) is 6.04 Å². The predicted molar refractivity (Wildman–Crippen MR) is 79.6 cm³/mol. The van der Waals surface area contributed by atoms with Crippen molar-refractivity contribution >= 4 is 27.4 Å². The van der Waals surface area contributed by atoms with Crippen molar-refractivity contribution in [3.8, 4) is 0 Å². The molecule has 0 radical (unpaired) electrons. The van der Waals surface area contributed by atoms with Gasteiger partial charge in [0.1, 0.15) is 5.82 Å². The van der Waals surface area contributed by atoms with E-state index in [1.54, 1.807) is 0 Å². The first kappa shape index (κ1) is 12.9. The van der Waals surface area contributed by atoms with Crippen LogP contribution in [0.4, 0.5) is 11.5 Å². The molecule has 18 heavy (non-hydrogen) atoms. The van der Waals surface area contributed by atoms with Crippen LogP contribution < -0.4 is 11.1 Å². The molecule has 0 aliphatic heterocycles. The molecule has 1 unspecified atom stereocenters. The fourth-order valence-corrected chi connectivity index (χ4v) is 2.41. The van der Waals surface area contributed by atoms with Crippen molar-refractivity contribution in [3.05, 3.63) is 52.1 Å². The van der Waals surface area contributed by atoms with Gasteiger partial charge in [-0.25, -0.2) is 4.98 Å². The Bertz CT molecular complexity index is 554. The first-order valence-corrected chi connectivity index (χ1v) is 6.60. The zero-order valence-corrected chi connectivity index (χ0v) is 12.0. The Morgan fingerprint density at radius 2 is 2.06 bits per heavy atom. The van der Waals surface area contributed by atoms with E-state index in [1.165, 1.54) is 0 Å². The van der Waals surface area contributed by atoms with Crippen molar-refractivity contribution in [2.75, 3.05) is 11.1 Å². The molecule has 4 heteroatoms. The van der Waals surface area contributed by atoms with Crippen LogP contribution in [0.15, 0.2) is 41.0 Å². The first-order valence-electron chi connectivity index (χ1n) is 5.81. The van der Waals surface area contributed by atoms with Crippen LogP contribution in [-0.4, -0.2) is 4.98 Å². The summed E-state index contributed by atoms with van der Waals surface area (Å²) in [7, 11) is 0. The molecule has 0 spiro atoms. The second-order valence-electron chi connectivity index (χ2n) is 4.34. The summed E-state index contributed by atoms with van der Waals surface area (Å²) >= 11 is 3.51. The van der Waals surface area contributed by atoms with Gasteiger partial charge in [0.15, 0.2) is 0 Å². The van der Waals surface area contributed by atoms with Crippen molar-refractivity contribution in [3.63, 3.8) is 0 Å². The molecular formula is C14H16BrN3. The lowest BCUT2D eigenvalue weighted by Crippen LogP contribution is -2.10. The molecule has 3 nitrogen and oxygen atoms in total. The fraction of sp³-hybridized carbons (Fsp3) is 0.214. The number of aromatic nitrogens is 1. The molecule has 3 N–H and O–H groups in total. The Labute approximate surface area is 116 Å². The zero-order chi connectivity index (χ0) is 13.1. The third kappa shape index (κ3) is 2.82. The molecule has 1 heterocycles. The quantitative estimate of drug-likeness (QED) is 0.845. The van der Waals surface area contributed by atoms with Crippen molar-refractivity contribution < 1.29 is 0 Å². The number of benzene rings is 1. The number of rotatable bonds is 3.